The maximum absolute atomic E-state index is 13.8. The summed E-state index contributed by atoms with van der Waals surface area (Å²) in [5, 5.41) is 6.52. The van der Waals surface area contributed by atoms with Crippen molar-refractivity contribution in [3.63, 3.8) is 0 Å². The highest BCUT2D eigenvalue weighted by molar-refractivity contribution is 7.92. The van der Waals surface area contributed by atoms with Gasteiger partial charge in [0.25, 0.3) is 0 Å². The maximum atomic E-state index is 13.8. The predicted octanol–water partition coefficient (Wildman–Crippen LogP) is 1.96. The second-order valence-electron chi connectivity index (χ2n) is 5.75. The van der Waals surface area contributed by atoms with Crippen LogP contribution in [0.5, 0.6) is 0 Å². The smallest absolute Gasteiger partial charge is 0.229 e. The van der Waals surface area contributed by atoms with E-state index in [0.717, 1.165) is 6.26 Å². The van der Waals surface area contributed by atoms with Crippen molar-refractivity contribution in [2.45, 2.75) is 32.9 Å². The summed E-state index contributed by atoms with van der Waals surface area (Å²) in [4.78, 5) is 0. The Morgan fingerprint density at radius 3 is 2.43 bits per heavy atom. The number of hydrogen-bond donors (Lipinski definition) is 3. The molecule has 3 N–H and O–H groups in total. The summed E-state index contributed by atoms with van der Waals surface area (Å²) in [7, 11) is -3.49. The Labute approximate surface area is 130 Å². The van der Waals surface area contributed by atoms with Crippen LogP contribution in [0.15, 0.2) is 18.2 Å². The van der Waals surface area contributed by atoms with E-state index < -0.39 is 15.8 Å². The molecule has 0 bridgehead atoms. The van der Waals surface area contributed by atoms with Gasteiger partial charge in [-0.15, -0.1) is 0 Å². The van der Waals surface area contributed by atoms with Gasteiger partial charge in [0.1, 0.15) is 5.82 Å². The summed E-state index contributed by atoms with van der Waals surface area (Å²) in [6.45, 7) is 6.28. The van der Waals surface area contributed by atoms with Gasteiger partial charge in [0.2, 0.25) is 10.0 Å². The van der Waals surface area contributed by atoms with E-state index in [1.165, 1.54) is 12.1 Å². The number of benzene rings is 1. The van der Waals surface area contributed by atoms with Crippen molar-refractivity contribution in [3.8, 4) is 0 Å². The average Bonchev–Trinajstić information content (AvgIpc) is 2.26. The normalized spacial score (nSPS) is 11.9. The van der Waals surface area contributed by atoms with Crippen molar-refractivity contribution in [2.24, 2.45) is 0 Å². The maximum Gasteiger partial charge on any atom is 0.229 e. The van der Waals surface area contributed by atoms with Gasteiger partial charge in [-0.1, -0.05) is 6.07 Å². The molecule has 118 valence electrons. The molecular formula is C13H20FN3O2S2. The lowest BCUT2D eigenvalue weighted by atomic mass is 10.1. The molecular weight excluding hydrogens is 313 g/mol. The highest BCUT2D eigenvalue weighted by Crippen LogP contribution is 2.16. The first-order valence-electron chi connectivity index (χ1n) is 6.28. The summed E-state index contributed by atoms with van der Waals surface area (Å²) < 4.78 is 38.0. The van der Waals surface area contributed by atoms with Gasteiger partial charge in [-0.3, -0.25) is 4.72 Å². The molecule has 0 aromatic heterocycles. The molecule has 0 amide bonds. The zero-order valence-corrected chi connectivity index (χ0v) is 14.1. The van der Waals surface area contributed by atoms with Gasteiger partial charge in [-0.05, 0) is 50.7 Å². The van der Waals surface area contributed by atoms with Crippen molar-refractivity contribution in [1.82, 2.24) is 10.6 Å². The lowest BCUT2D eigenvalue weighted by Gasteiger charge is -2.23. The van der Waals surface area contributed by atoms with Crippen LogP contribution in [0.4, 0.5) is 10.1 Å². The molecule has 5 nitrogen and oxygen atoms in total. The number of halogens is 1. The Kier molecular flexibility index (Phi) is 5.52. The van der Waals surface area contributed by atoms with Crippen LogP contribution in [0.1, 0.15) is 26.3 Å². The third-order valence-electron chi connectivity index (χ3n) is 2.27. The largest absolute Gasteiger partial charge is 0.359 e. The van der Waals surface area contributed by atoms with Crippen LogP contribution in [0.25, 0.3) is 0 Å². The molecule has 0 unspecified atom stereocenters. The Bertz CT molecular complexity index is 625. The van der Waals surface area contributed by atoms with Crippen LogP contribution in [-0.4, -0.2) is 25.3 Å². The van der Waals surface area contributed by atoms with Crippen LogP contribution in [0.2, 0.25) is 0 Å². The average molecular weight is 333 g/mol. The van der Waals surface area contributed by atoms with Crippen molar-refractivity contribution >= 4 is 33.0 Å². The second kappa shape index (κ2) is 6.57. The Morgan fingerprint density at radius 1 is 1.33 bits per heavy atom. The molecule has 0 heterocycles. The molecule has 1 aromatic rings. The van der Waals surface area contributed by atoms with Crippen LogP contribution in [0.3, 0.4) is 0 Å². The van der Waals surface area contributed by atoms with Crippen LogP contribution < -0.4 is 15.4 Å². The molecule has 0 atom stereocenters. The quantitative estimate of drug-likeness (QED) is 0.735. The summed E-state index contributed by atoms with van der Waals surface area (Å²) in [6.07, 6.45) is 0.971. The summed E-state index contributed by atoms with van der Waals surface area (Å²) >= 11 is 5.12. The molecule has 21 heavy (non-hydrogen) atoms. The van der Waals surface area contributed by atoms with E-state index in [1.807, 2.05) is 20.8 Å². The van der Waals surface area contributed by atoms with Crippen molar-refractivity contribution in [2.75, 3.05) is 11.0 Å². The first-order chi connectivity index (χ1) is 9.46. The molecule has 0 spiro atoms. The van der Waals surface area contributed by atoms with Gasteiger partial charge in [-0.2, -0.15) is 0 Å². The van der Waals surface area contributed by atoms with Crippen LogP contribution in [-0.2, 0) is 16.6 Å². The summed E-state index contributed by atoms with van der Waals surface area (Å²) in [5.74, 6) is -0.630. The van der Waals surface area contributed by atoms with Gasteiger partial charge in [0.15, 0.2) is 5.11 Å². The molecule has 0 aliphatic carbocycles. The third-order valence-corrected chi connectivity index (χ3v) is 3.11. The van der Waals surface area contributed by atoms with E-state index in [0.29, 0.717) is 17.2 Å². The fourth-order valence-corrected chi connectivity index (χ4v) is 2.46. The fraction of sp³-hybridized carbons (Fsp3) is 0.462. The number of rotatable bonds is 4. The Balaban J connectivity index is 2.66. The topological polar surface area (TPSA) is 70.2 Å². The lowest BCUT2D eigenvalue weighted by Crippen LogP contribution is -2.45. The highest BCUT2D eigenvalue weighted by atomic mass is 32.2. The molecule has 0 radical (unpaired) electrons. The van der Waals surface area contributed by atoms with Gasteiger partial charge in [-0.25, -0.2) is 12.8 Å². The van der Waals surface area contributed by atoms with Gasteiger partial charge in [0, 0.05) is 12.1 Å². The fourth-order valence-electron chi connectivity index (χ4n) is 1.52. The zero-order valence-electron chi connectivity index (χ0n) is 12.5. The molecule has 0 fully saturated rings. The first-order valence-corrected chi connectivity index (χ1v) is 8.58. The summed E-state index contributed by atoms with van der Waals surface area (Å²) in [6, 6.07) is 4.27. The molecule has 0 saturated heterocycles. The van der Waals surface area contributed by atoms with Gasteiger partial charge in [0.05, 0.1) is 11.9 Å². The number of hydrogen-bond acceptors (Lipinski definition) is 3. The monoisotopic (exact) mass is 333 g/mol. The number of sulfonamides is 1. The number of anilines is 1. The molecule has 0 saturated carbocycles. The SMILES string of the molecule is CC(C)(C)NC(=S)NCc1ccc(NS(C)(=O)=O)c(F)c1. The van der Waals surface area contributed by atoms with E-state index in [-0.39, 0.29) is 11.2 Å². The number of nitrogens with one attached hydrogen (secondary N) is 3. The second-order valence-corrected chi connectivity index (χ2v) is 7.90. The van der Waals surface area contributed by atoms with Gasteiger partial charge < -0.3 is 10.6 Å². The molecule has 0 aliphatic rings. The molecule has 8 heteroatoms. The third kappa shape index (κ3) is 7.24. The van der Waals surface area contributed by atoms with Gasteiger partial charge >= 0.3 is 0 Å². The zero-order chi connectivity index (χ0) is 16.3. The minimum absolute atomic E-state index is 0.0726. The first kappa shape index (κ1) is 17.6. The van der Waals surface area contributed by atoms with Crippen molar-refractivity contribution in [3.05, 3.63) is 29.6 Å². The number of thiocarbonyl (C=S) groups is 1. The lowest BCUT2D eigenvalue weighted by molar-refractivity contribution is 0.506. The highest BCUT2D eigenvalue weighted by Gasteiger charge is 2.11. The molecule has 0 aliphatic heterocycles. The molecule has 1 aromatic carbocycles. The minimum atomic E-state index is -3.49. The van der Waals surface area contributed by atoms with E-state index >= 15 is 0 Å². The summed E-state index contributed by atoms with van der Waals surface area (Å²) in [5.41, 5.74) is 0.430. The van der Waals surface area contributed by atoms with Crippen LogP contribution in [0, 0.1) is 5.82 Å². The molecule has 1 rings (SSSR count). The van der Waals surface area contributed by atoms with E-state index in [9.17, 15) is 12.8 Å². The minimum Gasteiger partial charge on any atom is -0.359 e. The van der Waals surface area contributed by atoms with Crippen molar-refractivity contribution < 1.29 is 12.8 Å². The van der Waals surface area contributed by atoms with E-state index in [2.05, 4.69) is 15.4 Å². The Morgan fingerprint density at radius 2 is 1.95 bits per heavy atom. The van der Waals surface area contributed by atoms with E-state index in [1.54, 1.807) is 6.07 Å². The predicted molar refractivity (Wildman–Crippen MR) is 87.2 cm³/mol. The van der Waals surface area contributed by atoms with Crippen LogP contribution >= 0.6 is 12.2 Å². The van der Waals surface area contributed by atoms with E-state index in [4.69, 9.17) is 12.2 Å². The van der Waals surface area contributed by atoms with Crippen molar-refractivity contribution in [1.29, 1.82) is 0 Å². The standard InChI is InChI=1S/C13H20FN3O2S2/c1-13(2,3)16-12(20)15-8-9-5-6-11(10(14)7-9)17-21(4,18)19/h5-7,17H,8H2,1-4H3,(H2,15,16,20). The Hall–Kier alpha value is -1.41.